The molecule has 2 heterocycles. The van der Waals surface area contributed by atoms with Crippen molar-refractivity contribution in [1.82, 2.24) is 10.2 Å². The van der Waals surface area contributed by atoms with Gasteiger partial charge in [-0.05, 0) is 31.0 Å². The van der Waals surface area contributed by atoms with Crippen molar-refractivity contribution >= 4 is 0 Å². The second kappa shape index (κ2) is 5.85. The summed E-state index contributed by atoms with van der Waals surface area (Å²) in [6.07, 6.45) is 0.986. The molecule has 1 aromatic carbocycles. The first-order valence-electron chi connectivity index (χ1n) is 7.23. The Kier molecular flexibility index (Phi) is 3.94. The summed E-state index contributed by atoms with van der Waals surface area (Å²) in [4.78, 5) is 2.53. The van der Waals surface area contributed by atoms with E-state index in [-0.39, 0.29) is 0 Å². The van der Waals surface area contributed by atoms with Crippen LogP contribution in [-0.4, -0.2) is 37.9 Å². The molecule has 2 aliphatic heterocycles. The molecule has 3 rings (SSSR count). The fraction of sp³-hybridized carbons (Fsp3) is 0.500. The Bertz CT molecular complexity index is 495. The molecule has 0 aliphatic carbocycles. The lowest BCUT2D eigenvalue weighted by atomic mass is 9.97. The van der Waals surface area contributed by atoms with Gasteiger partial charge in [0.05, 0.1) is 0 Å². The summed E-state index contributed by atoms with van der Waals surface area (Å²) in [6.45, 7) is 10.8. The molecule has 0 aromatic heterocycles. The minimum Gasteiger partial charge on any atom is -0.454 e. The Morgan fingerprint density at radius 3 is 2.80 bits per heavy atom. The lowest BCUT2D eigenvalue weighted by Gasteiger charge is -2.35. The number of benzene rings is 1. The average Bonchev–Trinajstić information content (AvgIpc) is 2.93. The predicted octanol–water partition coefficient (Wildman–Crippen LogP) is 2.33. The van der Waals surface area contributed by atoms with Crippen LogP contribution in [0.25, 0.3) is 0 Å². The summed E-state index contributed by atoms with van der Waals surface area (Å²) >= 11 is 0. The summed E-state index contributed by atoms with van der Waals surface area (Å²) in [5.74, 6) is 1.72. The van der Waals surface area contributed by atoms with E-state index in [0.29, 0.717) is 12.8 Å². The van der Waals surface area contributed by atoms with Crippen molar-refractivity contribution in [2.24, 2.45) is 0 Å². The van der Waals surface area contributed by atoms with Gasteiger partial charge in [-0.1, -0.05) is 11.6 Å². The molecule has 1 N–H and O–H groups in total. The maximum Gasteiger partial charge on any atom is 0.231 e. The highest BCUT2D eigenvalue weighted by Gasteiger charge is 2.24. The highest BCUT2D eigenvalue weighted by atomic mass is 16.7. The van der Waals surface area contributed by atoms with E-state index in [1.165, 1.54) is 11.1 Å². The molecule has 0 bridgehead atoms. The van der Waals surface area contributed by atoms with Gasteiger partial charge in [-0.2, -0.15) is 0 Å². The minimum atomic E-state index is 0.331. The van der Waals surface area contributed by atoms with Crippen molar-refractivity contribution in [2.75, 3.05) is 33.0 Å². The molecule has 1 aromatic rings. The van der Waals surface area contributed by atoms with Gasteiger partial charge in [-0.25, -0.2) is 0 Å². The summed E-state index contributed by atoms with van der Waals surface area (Å²) in [5, 5.41) is 3.41. The van der Waals surface area contributed by atoms with Gasteiger partial charge in [0, 0.05) is 32.2 Å². The van der Waals surface area contributed by atoms with E-state index in [1.54, 1.807) is 0 Å². The predicted molar refractivity (Wildman–Crippen MR) is 79.2 cm³/mol. The second-order valence-corrected chi connectivity index (χ2v) is 5.58. The van der Waals surface area contributed by atoms with Crippen molar-refractivity contribution in [3.63, 3.8) is 0 Å². The fourth-order valence-electron chi connectivity index (χ4n) is 2.90. The molecular formula is C16H22N2O2. The average molecular weight is 274 g/mol. The molecule has 0 saturated carbocycles. The number of nitrogens with zero attached hydrogens (tertiary/aromatic N) is 1. The standard InChI is InChI=1S/C16H22N2O2/c1-12(2)9-14(18-7-5-17-6-8-18)13-3-4-15-16(10-13)20-11-19-15/h3-4,10,14,17H,1,5-9,11H2,2H3/t14-/m0/s1. The Morgan fingerprint density at radius 1 is 1.30 bits per heavy atom. The molecule has 0 amide bonds. The van der Waals surface area contributed by atoms with Gasteiger partial charge in [0.2, 0.25) is 6.79 Å². The monoisotopic (exact) mass is 274 g/mol. The first-order chi connectivity index (χ1) is 9.74. The summed E-state index contributed by atoms with van der Waals surface area (Å²) < 4.78 is 10.9. The second-order valence-electron chi connectivity index (χ2n) is 5.58. The van der Waals surface area contributed by atoms with Crippen LogP contribution in [0.1, 0.15) is 24.9 Å². The maximum absolute atomic E-state index is 5.51. The molecular weight excluding hydrogens is 252 g/mol. The maximum atomic E-state index is 5.51. The van der Waals surface area contributed by atoms with Crippen molar-refractivity contribution in [3.8, 4) is 11.5 Å². The zero-order valence-corrected chi connectivity index (χ0v) is 12.0. The van der Waals surface area contributed by atoms with Crippen molar-refractivity contribution in [3.05, 3.63) is 35.9 Å². The Hall–Kier alpha value is -1.52. The Morgan fingerprint density at radius 2 is 2.05 bits per heavy atom. The van der Waals surface area contributed by atoms with Crippen LogP contribution in [0.4, 0.5) is 0 Å². The van der Waals surface area contributed by atoms with Gasteiger partial charge in [-0.15, -0.1) is 6.58 Å². The van der Waals surface area contributed by atoms with Crippen molar-refractivity contribution in [1.29, 1.82) is 0 Å². The van der Waals surface area contributed by atoms with Gasteiger partial charge in [0.25, 0.3) is 0 Å². The molecule has 1 fully saturated rings. The van der Waals surface area contributed by atoms with E-state index in [2.05, 4.69) is 35.9 Å². The SMILES string of the molecule is C=C(C)C[C@@H](c1ccc2c(c1)OCO2)N1CCNCC1. The molecule has 0 spiro atoms. The number of fused-ring (bicyclic) bond motifs is 1. The first-order valence-corrected chi connectivity index (χ1v) is 7.23. The number of ether oxygens (including phenoxy) is 2. The molecule has 0 unspecified atom stereocenters. The van der Waals surface area contributed by atoms with E-state index in [0.717, 1.165) is 44.1 Å². The number of nitrogens with one attached hydrogen (secondary N) is 1. The number of hydrogen-bond acceptors (Lipinski definition) is 4. The van der Waals surface area contributed by atoms with Crippen LogP contribution < -0.4 is 14.8 Å². The van der Waals surface area contributed by atoms with Crippen LogP contribution in [-0.2, 0) is 0 Å². The first kappa shape index (κ1) is 13.5. The molecule has 20 heavy (non-hydrogen) atoms. The van der Waals surface area contributed by atoms with Gasteiger partial charge < -0.3 is 14.8 Å². The normalized spacial score (nSPS) is 19.9. The zero-order chi connectivity index (χ0) is 13.9. The number of piperazine rings is 1. The van der Waals surface area contributed by atoms with Crippen molar-refractivity contribution < 1.29 is 9.47 Å². The lowest BCUT2D eigenvalue weighted by Crippen LogP contribution is -2.45. The quantitative estimate of drug-likeness (QED) is 0.854. The largest absolute Gasteiger partial charge is 0.454 e. The number of rotatable bonds is 4. The Labute approximate surface area is 120 Å². The van der Waals surface area contributed by atoms with E-state index in [4.69, 9.17) is 9.47 Å². The van der Waals surface area contributed by atoms with E-state index >= 15 is 0 Å². The zero-order valence-electron chi connectivity index (χ0n) is 12.0. The van der Waals surface area contributed by atoms with Gasteiger partial charge in [0.1, 0.15) is 0 Å². The van der Waals surface area contributed by atoms with E-state index in [1.807, 2.05) is 6.07 Å². The summed E-state index contributed by atoms with van der Waals surface area (Å²) in [5.41, 5.74) is 2.50. The highest BCUT2D eigenvalue weighted by Crippen LogP contribution is 2.37. The molecule has 1 atom stereocenters. The van der Waals surface area contributed by atoms with Crippen LogP contribution in [0.3, 0.4) is 0 Å². The van der Waals surface area contributed by atoms with Gasteiger partial charge in [-0.3, -0.25) is 4.90 Å². The highest BCUT2D eigenvalue weighted by molar-refractivity contribution is 5.45. The van der Waals surface area contributed by atoms with Crippen LogP contribution >= 0.6 is 0 Å². The van der Waals surface area contributed by atoms with Crippen LogP contribution in [0.15, 0.2) is 30.4 Å². The molecule has 0 radical (unpaired) electrons. The van der Waals surface area contributed by atoms with E-state index in [9.17, 15) is 0 Å². The van der Waals surface area contributed by atoms with Crippen molar-refractivity contribution in [2.45, 2.75) is 19.4 Å². The fourth-order valence-corrected chi connectivity index (χ4v) is 2.90. The molecule has 1 saturated heterocycles. The third kappa shape index (κ3) is 2.81. The Balaban J connectivity index is 1.85. The third-order valence-electron chi connectivity index (χ3n) is 3.92. The lowest BCUT2D eigenvalue weighted by molar-refractivity contribution is 0.170. The van der Waals surface area contributed by atoms with Crippen LogP contribution in [0.5, 0.6) is 11.5 Å². The topological polar surface area (TPSA) is 33.7 Å². The molecule has 108 valence electrons. The van der Waals surface area contributed by atoms with Gasteiger partial charge in [0.15, 0.2) is 11.5 Å². The van der Waals surface area contributed by atoms with Gasteiger partial charge >= 0.3 is 0 Å². The smallest absolute Gasteiger partial charge is 0.231 e. The molecule has 2 aliphatic rings. The summed E-state index contributed by atoms with van der Waals surface area (Å²) in [6, 6.07) is 6.68. The third-order valence-corrected chi connectivity index (χ3v) is 3.92. The van der Waals surface area contributed by atoms with Crippen LogP contribution in [0.2, 0.25) is 0 Å². The van der Waals surface area contributed by atoms with Crippen LogP contribution in [0, 0.1) is 0 Å². The summed E-state index contributed by atoms with van der Waals surface area (Å²) in [7, 11) is 0. The van der Waals surface area contributed by atoms with E-state index < -0.39 is 0 Å². The minimum absolute atomic E-state index is 0.331. The molecule has 4 heteroatoms. The molecule has 4 nitrogen and oxygen atoms in total. The number of hydrogen-bond donors (Lipinski definition) is 1.